The smallest absolute Gasteiger partial charge is 0.177 e. The fourth-order valence-corrected chi connectivity index (χ4v) is 2.88. The molecule has 6 heteroatoms. The van der Waals surface area contributed by atoms with E-state index in [9.17, 15) is 0 Å². The zero-order chi connectivity index (χ0) is 13.9. The van der Waals surface area contributed by atoms with Crippen LogP contribution >= 0.6 is 15.9 Å². The summed E-state index contributed by atoms with van der Waals surface area (Å²) >= 11 is 3.32. The van der Waals surface area contributed by atoms with Crippen LogP contribution in [0, 0.1) is 0 Å². The minimum absolute atomic E-state index is 0.0216. The molecule has 0 N–H and O–H groups in total. The number of hydrogen-bond donors (Lipinski definition) is 0. The Morgan fingerprint density at radius 1 is 1.20 bits per heavy atom. The van der Waals surface area contributed by atoms with Crippen molar-refractivity contribution in [2.75, 3.05) is 0 Å². The van der Waals surface area contributed by atoms with Gasteiger partial charge in [-0.1, -0.05) is 0 Å². The highest BCUT2D eigenvalue weighted by atomic mass is 79.9. The van der Waals surface area contributed by atoms with Gasteiger partial charge in [0, 0.05) is 7.05 Å². The number of fused-ring (bicyclic) bond motifs is 3. The second kappa shape index (κ2) is 4.02. The van der Waals surface area contributed by atoms with E-state index in [2.05, 4.69) is 30.9 Å². The van der Waals surface area contributed by atoms with Crippen LogP contribution in [0.3, 0.4) is 0 Å². The number of halogens is 1. The predicted molar refractivity (Wildman–Crippen MR) is 77.9 cm³/mol. The second-order valence-electron chi connectivity index (χ2n) is 4.79. The molecule has 3 heterocycles. The first kappa shape index (κ1) is 11.8. The molecule has 20 heavy (non-hydrogen) atoms. The second-order valence-corrected chi connectivity index (χ2v) is 5.57. The van der Waals surface area contributed by atoms with Crippen LogP contribution in [0.25, 0.3) is 22.6 Å². The lowest BCUT2D eigenvalue weighted by Gasteiger charge is -1.98. The molecule has 0 bridgehead atoms. The molecule has 1 unspecified atom stereocenters. The van der Waals surface area contributed by atoms with Gasteiger partial charge in [0.05, 0.1) is 16.4 Å². The first-order valence-electron chi connectivity index (χ1n) is 6.30. The topological polar surface area (TPSA) is 55.7 Å². The maximum Gasteiger partial charge on any atom is 0.177 e. The molecule has 0 spiro atoms. The summed E-state index contributed by atoms with van der Waals surface area (Å²) in [5.41, 5.74) is 1.90. The van der Waals surface area contributed by atoms with Crippen molar-refractivity contribution in [1.29, 1.82) is 0 Å². The van der Waals surface area contributed by atoms with Gasteiger partial charge in [0.2, 0.25) is 0 Å². The Balaban J connectivity index is 2.09. The molecule has 0 saturated heterocycles. The van der Waals surface area contributed by atoms with Crippen LogP contribution in [0.4, 0.5) is 0 Å². The fourth-order valence-electron chi connectivity index (χ4n) is 2.58. The van der Waals surface area contributed by atoms with Gasteiger partial charge in [-0.2, -0.15) is 0 Å². The molecule has 0 aliphatic carbocycles. The van der Waals surface area contributed by atoms with Crippen LogP contribution in [0.5, 0.6) is 0 Å². The van der Waals surface area contributed by atoms with E-state index in [1.165, 1.54) is 0 Å². The SMILES string of the molecule is CC1N=c2ccc3nc(-c4ccc(Br)o4)n(C)c3c2=N1. The number of rotatable bonds is 1. The van der Waals surface area contributed by atoms with Crippen LogP contribution < -0.4 is 10.7 Å². The summed E-state index contributed by atoms with van der Waals surface area (Å²) < 4.78 is 8.30. The lowest BCUT2D eigenvalue weighted by atomic mass is 10.3. The van der Waals surface area contributed by atoms with Gasteiger partial charge in [-0.3, -0.25) is 9.98 Å². The zero-order valence-corrected chi connectivity index (χ0v) is 12.5. The van der Waals surface area contributed by atoms with Crippen LogP contribution in [0.1, 0.15) is 6.92 Å². The molecule has 1 aliphatic rings. The maximum atomic E-state index is 5.60. The number of imidazole rings is 1. The third kappa shape index (κ3) is 1.57. The van der Waals surface area contributed by atoms with E-state index in [1.54, 1.807) is 0 Å². The van der Waals surface area contributed by atoms with E-state index in [1.807, 2.05) is 42.8 Å². The molecule has 0 amide bonds. The van der Waals surface area contributed by atoms with Crippen molar-refractivity contribution in [2.45, 2.75) is 13.1 Å². The molecule has 4 rings (SSSR count). The molecule has 5 nitrogen and oxygen atoms in total. The number of furan rings is 1. The predicted octanol–water partition coefficient (Wildman–Crippen LogP) is 2.19. The highest BCUT2D eigenvalue weighted by Crippen LogP contribution is 2.26. The van der Waals surface area contributed by atoms with Crippen LogP contribution in [-0.2, 0) is 7.05 Å². The van der Waals surface area contributed by atoms with Gasteiger partial charge in [-0.15, -0.1) is 0 Å². The minimum atomic E-state index is -0.0216. The average molecular weight is 331 g/mol. The summed E-state index contributed by atoms with van der Waals surface area (Å²) in [5, 5.41) is 1.85. The number of aromatic nitrogens is 2. The van der Waals surface area contributed by atoms with Crippen molar-refractivity contribution < 1.29 is 4.42 Å². The van der Waals surface area contributed by atoms with Crippen molar-refractivity contribution in [2.24, 2.45) is 17.0 Å². The Hall–Kier alpha value is -1.95. The van der Waals surface area contributed by atoms with Crippen molar-refractivity contribution in [3.63, 3.8) is 0 Å². The zero-order valence-electron chi connectivity index (χ0n) is 11.0. The number of benzene rings is 1. The van der Waals surface area contributed by atoms with Crippen LogP contribution in [-0.4, -0.2) is 15.7 Å². The Bertz CT molecular complexity index is 954. The summed E-state index contributed by atoms with van der Waals surface area (Å²) in [4.78, 5) is 13.7. The quantitative estimate of drug-likeness (QED) is 0.686. The van der Waals surface area contributed by atoms with Crippen molar-refractivity contribution in [3.8, 4) is 11.6 Å². The summed E-state index contributed by atoms with van der Waals surface area (Å²) in [6.07, 6.45) is -0.0216. The first-order valence-corrected chi connectivity index (χ1v) is 7.09. The molecule has 1 aliphatic heterocycles. The Morgan fingerprint density at radius 2 is 2.05 bits per heavy atom. The minimum Gasteiger partial charge on any atom is -0.446 e. The molecule has 100 valence electrons. The summed E-state index contributed by atoms with van der Waals surface area (Å²) in [6, 6.07) is 7.71. The number of hydrogen-bond acceptors (Lipinski definition) is 4. The first-order chi connectivity index (χ1) is 9.63. The van der Waals surface area contributed by atoms with E-state index in [-0.39, 0.29) is 6.17 Å². The standard InChI is InChI=1S/C14H11BrN4O/c1-7-16-8-3-4-9-13(12(8)17-7)19(2)14(18-9)10-5-6-11(15)20-10/h3-7H,1-2H3. The van der Waals surface area contributed by atoms with Gasteiger partial charge in [-0.25, -0.2) is 4.98 Å². The highest BCUT2D eigenvalue weighted by molar-refractivity contribution is 9.10. The van der Waals surface area contributed by atoms with E-state index in [0.29, 0.717) is 4.67 Å². The van der Waals surface area contributed by atoms with Crippen molar-refractivity contribution >= 4 is 27.0 Å². The van der Waals surface area contributed by atoms with Crippen molar-refractivity contribution in [3.05, 3.63) is 39.6 Å². The Labute approximate surface area is 122 Å². The largest absolute Gasteiger partial charge is 0.446 e. The molecule has 0 fully saturated rings. The maximum absolute atomic E-state index is 5.60. The van der Waals surface area contributed by atoms with Gasteiger partial charge in [0.15, 0.2) is 16.3 Å². The lowest BCUT2D eigenvalue weighted by Crippen LogP contribution is -2.23. The average Bonchev–Trinajstić information content (AvgIpc) is 3.06. The normalized spacial score (nSPS) is 17.1. The molecular weight excluding hydrogens is 320 g/mol. The summed E-state index contributed by atoms with van der Waals surface area (Å²) in [7, 11) is 1.97. The summed E-state index contributed by atoms with van der Waals surface area (Å²) in [5.74, 6) is 1.51. The van der Waals surface area contributed by atoms with Gasteiger partial charge in [-0.05, 0) is 47.1 Å². The molecule has 1 aromatic carbocycles. The van der Waals surface area contributed by atoms with Crippen molar-refractivity contribution in [1.82, 2.24) is 9.55 Å². The van der Waals surface area contributed by atoms with Gasteiger partial charge in [0.1, 0.15) is 11.5 Å². The Kier molecular flexibility index (Phi) is 2.38. The van der Waals surface area contributed by atoms with Gasteiger partial charge >= 0.3 is 0 Å². The lowest BCUT2D eigenvalue weighted by molar-refractivity contribution is 0.549. The Morgan fingerprint density at radius 3 is 2.80 bits per heavy atom. The highest BCUT2D eigenvalue weighted by Gasteiger charge is 2.17. The van der Waals surface area contributed by atoms with E-state index in [4.69, 9.17) is 4.42 Å². The molecule has 2 aromatic heterocycles. The summed E-state index contributed by atoms with van der Waals surface area (Å²) in [6.45, 7) is 1.98. The molecular formula is C14H11BrN4O. The van der Waals surface area contributed by atoms with E-state index in [0.717, 1.165) is 33.3 Å². The monoisotopic (exact) mass is 330 g/mol. The van der Waals surface area contributed by atoms with Gasteiger partial charge in [0.25, 0.3) is 0 Å². The fraction of sp³-hybridized carbons (Fsp3) is 0.214. The van der Waals surface area contributed by atoms with E-state index >= 15 is 0 Å². The molecule has 3 aromatic rings. The van der Waals surface area contributed by atoms with Crippen LogP contribution in [0.2, 0.25) is 0 Å². The van der Waals surface area contributed by atoms with Gasteiger partial charge < -0.3 is 8.98 Å². The number of nitrogens with zero attached hydrogens (tertiary/aromatic N) is 4. The molecule has 1 atom stereocenters. The number of aryl methyl sites for hydroxylation is 1. The van der Waals surface area contributed by atoms with E-state index < -0.39 is 0 Å². The van der Waals surface area contributed by atoms with Crippen LogP contribution in [0.15, 0.2) is 43.3 Å². The third-order valence-electron chi connectivity index (χ3n) is 3.42. The molecule has 0 radical (unpaired) electrons. The third-order valence-corrected chi connectivity index (χ3v) is 3.85. The molecule has 0 saturated carbocycles.